The molecule has 0 radical (unpaired) electrons. The minimum atomic E-state index is -0.549. The number of hydrogen-bond donors (Lipinski definition) is 0. The van der Waals surface area contributed by atoms with E-state index in [0.717, 1.165) is 23.5 Å². The van der Waals surface area contributed by atoms with Crippen LogP contribution in [0.25, 0.3) is 0 Å². The van der Waals surface area contributed by atoms with Crippen molar-refractivity contribution in [1.29, 1.82) is 0 Å². The standard InChI is InChI=1S/C21H25N5O2/c1-6-12-24-19(27)17-18(23(5)21(24)28)22-20-25(13(3)14(4)26(17)20)16-10-8-15(7-2)9-11-16/h6,8-11,17-18H,1,7,12H2,2-5H3. The quantitative estimate of drug-likeness (QED) is 0.755. The normalized spacial score (nSPS) is 24.1. The van der Waals surface area contributed by atoms with Gasteiger partial charge in [-0.2, -0.15) is 0 Å². The highest BCUT2D eigenvalue weighted by Gasteiger charge is 2.55. The van der Waals surface area contributed by atoms with Gasteiger partial charge >= 0.3 is 6.03 Å². The van der Waals surface area contributed by atoms with E-state index in [4.69, 9.17) is 4.99 Å². The second-order valence-electron chi connectivity index (χ2n) is 7.31. The van der Waals surface area contributed by atoms with Gasteiger partial charge in [0, 0.05) is 30.7 Å². The molecule has 2 unspecified atom stereocenters. The maximum atomic E-state index is 13.1. The molecule has 28 heavy (non-hydrogen) atoms. The number of aliphatic imine (C=N–C) groups is 1. The zero-order chi connectivity index (χ0) is 20.2. The van der Waals surface area contributed by atoms with E-state index in [1.807, 2.05) is 18.7 Å². The van der Waals surface area contributed by atoms with Crippen LogP contribution in [0.4, 0.5) is 10.5 Å². The van der Waals surface area contributed by atoms with Gasteiger partial charge in [0.15, 0.2) is 12.2 Å². The molecule has 1 fully saturated rings. The molecule has 3 amide bonds. The van der Waals surface area contributed by atoms with Gasteiger partial charge in [-0.05, 0) is 38.0 Å². The van der Waals surface area contributed by atoms with Crippen LogP contribution in [0.5, 0.6) is 0 Å². The summed E-state index contributed by atoms with van der Waals surface area (Å²) in [6.45, 7) is 10.0. The minimum Gasteiger partial charge on any atom is -0.302 e. The third kappa shape index (κ3) is 2.38. The van der Waals surface area contributed by atoms with Gasteiger partial charge in [0.2, 0.25) is 5.96 Å². The Hall–Kier alpha value is -3.09. The first-order chi connectivity index (χ1) is 13.4. The summed E-state index contributed by atoms with van der Waals surface area (Å²) in [7, 11) is 1.70. The maximum Gasteiger partial charge on any atom is 0.328 e. The van der Waals surface area contributed by atoms with Crippen LogP contribution in [0, 0.1) is 0 Å². The largest absolute Gasteiger partial charge is 0.328 e. The Morgan fingerprint density at radius 1 is 1.14 bits per heavy atom. The Labute approximate surface area is 165 Å². The number of carbonyl (C=O) groups is 2. The van der Waals surface area contributed by atoms with Crippen LogP contribution in [0.2, 0.25) is 0 Å². The molecule has 1 aromatic rings. The van der Waals surface area contributed by atoms with Crippen LogP contribution in [-0.2, 0) is 11.2 Å². The summed E-state index contributed by atoms with van der Waals surface area (Å²) < 4.78 is 0. The molecular weight excluding hydrogens is 354 g/mol. The average molecular weight is 379 g/mol. The number of anilines is 1. The molecule has 1 saturated heterocycles. The van der Waals surface area contributed by atoms with Crippen molar-refractivity contribution in [3.63, 3.8) is 0 Å². The van der Waals surface area contributed by atoms with E-state index in [1.165, 1.54) is 10.5 Å². The molecule has 146 valence electrons. The Balaban J connectivity index is 1.76. The molecule has 0 bridgehead atoms. The van der Waals surface area contributed by atoms with E-state index in [9.17, 15) is 9.59 Å². The summed E-state index contributed by atoms with van der Waals surface area (Å²) >= 11 is 0. The summed E-state index contributed by atoms with van der Waals surface area (Å²) in [6, 6.07) is 7.47. The molecule has 2 atom stereocenters. The van der Waals surface area contributed by atoms with Gasteiger partial charge < -0.3 is 4.90 Å². The summed E-state index contributed by atoms with van der Waals surface area (Å²) in [5, 5.41) is 0. The number of rotatable bonds is 4. The highest BCUT2D eigenvalue weighted by atomic mass is 16.2. The predicted molar refractivity (Wildman–Crippen MR) is 109 cm³/mol. The number of amides is 3. The van der Waals surface area contributed by atoms with Gasteiger partial charge in [-0.25, -0.2) is 9.79 Å². The number of nitrogens with zero attached hydrogens (tertiary/aromatic N) is 5. The monoisotopic (exact) mass is 379 g/mol. The Bertz CT molecular complexity index is 917. The smallest absolute Gasteiger partial charge is 0.302 e. The van der Waals surface area contributed by atoms with E-state index in [1.54, 1.807) is 18.0 Å². The van der Waals surface area contributed by atoms with Crippen LogP contribution in [0.1, 0.15) is 26.3 Å². The zero-order valence-electron chi connectivity index (χ0n) is 16.7. The van der Waals surface area contributed by atoms with Gasteiger partial charge in [-0.3, -0.25) is 19.5 Å². The zero-order valence-corrected chi connectivity index (χ0v) is 16.7. The average Bonchev–Trinajstić information content (AvgIpc) is 3.19. The summed E-state index contributed by atoms with van der Waals surface area (Å²) in [5.74, 6) is 0.463. The second kappa shape index (κ2) is 6.51. The number of fused-ring (bicyclic) bond motifs is 3. The number of carbonyl (C=O) groups excluding carboxylic acids is 2. The molecule has 0 spiro atoms. The van der Waals surface area contributed by atoms with Crippen LogP contribution in [-0.4, -0.2) is 58.4 Å². The van der Waals surface area contributed by atoms with Crippen LogP contribution >= 0.6 is 0 Å². The molecule has 0 saturated carbocycles. The second-order valence-corrected chi connectivity index (χ2v) is 7.31. The van der Waals surface area contributed by atoms with Crippen molar-refractivity contribution in [3.8, 4) is 0 Å². The molecule has 0 aromatic heterocycles. The molecule has 7 nitrogen and oxygen atoms in total. The summed E-state index contributed by atoms with van der Waals surface area (Å²) in [4.78, 5) is 37.4. The first-order valence-corrected chi connectivity index (χ1v) is 9.53. The first-order valence-electron chi connectivity index (χ1n) is 9.53. The SMILES string of the molecule is C=CCN1C(=O)C2C(N=C3N(c4ccc(CC)cc4)C(C)=C(C)N32)N(C)C1=O. The lowest BCUT2D eigenvalue weighted by Crippen LogP contribution is -2.64. The number of allylic oxidation sites excluding steroid dienone is 2. The van der Waals surface area contributed by atoms with Gasteiger partial charge in [0.05, 0.1) is 0 Å². The van der Waals surface area contributed by atoms with E-state index >= 15 is 0 Å². The molecule has 7 heteroatoms. The lowest BCUT2D eigenvalue weighted by molar-refractivity contribution is -0.136. The lowest BCUT2D eigenvalue weighted by atomic mass is 10.1. The number of aryl methyl sites for hydroxylation is 1. The molecular formula is C21H25N5O2. The minimum absolute atomic E-state index is 0.193. The van der Waals surface area contributed by atoms with Gasteiger partial charge in [0.25, 0.3) is 5.91 Å². The molecule has 0 N–H and O–H groups in total. The van der Waals surface area contributed by atoms with Crippen molar-refractivity contribution in [2.45, 2.75) is 39.4 Å². The molecule has 1 aromatic carbocycles. The lowest BCUT2D eigenvalue weighted by Gasteiger charge is -2.40. The van der Waals surface area contributed by atoms with E-state index in [-0.39, 0.29) is 18.5 Å². The number of hydrogen-bond acceptors (Lipinski definition) is 5. The fourth-order valence-corrected chi connectivity index (χ4v) is 4.10. The van der Waals surface area contributed by atoms with Crippen LogP contribution in [0.3, 0.4) is 0 Å². The maximum absolute atomic E-state index is 13.1. The van der Waals surface area contributed by atoms with Crippen molar-refractivity contribution in [1.82, 2.24) is 14.7 Å². The fraction of sp³-hybridized carbons (Fsp3) is 0.381. The van der Waals surface area contributed by atoms with Gasteiger partial charge in [0.1, 0.15) is 0 Å². The number of urea groups is 1. The van der Waals surface area contributed by atoms with Gasteiger partial charge in [-0.15, -0.1) is 6.58 Å². The topological polar surface area (TPSA) is 59.5 Å². The molecule has 3 aliphatic heterocycles. The number of benzene rings is 1. The molecule has 3 heterocycles. The number of imide groups is 1. The Kier molecular flexibility index (Phi) is 4.25. The Morgan fingerprint density at radius 2 is 1.82 bits per heavy atom. The highest BCUT2D eigenvalue weighted by molar-refractivity contribution is 6.10. The number of guanidine groups is 1. The Morgan fingerprint density at radius 3 is 2.43 bits per heavy atom. The van der Waals surface area contributed by atoms with Crippen LogP contribution in [0.15, 0.2) is 53.3 Å². The van der Waals surface area contributed by atoms with Crippen molar-refractivity contribution in [2.75, 3.05) is 18.5 Å². The van der Waals surface area contributed by atoms with Crippen LogP contribution < -0.4 is 4.90 Å². The van der Waals surface area contributed by atoms with Crippen molar-refractivity contribution in [3.05, 3.63) is 53.9 Å². The number of likely N-dealkylation sites (N-methyl/N-ethyl adjacent to an activating group) is 1. The first kappa shape index (κ1) is 18.3. The van der Waals surface area contributed by atoms with E-state index < -0.39 is 12.2 Å². The summed E-state index contributed by atoms with van der Waals surface area (Å²) in [5.41, 5.74) is 4.27. The van der Waals surface area contributed by atoms with Crippen molar-refractivity contribution >= 4 is 23.6 Å². The fourth-order valence-electron chi connectivity index (χ4n) is 4.10. The summed E-state index contributed by atoms with van der Waals surface area (Å²) in [6.07, 6.45) is 2.02. The highest BCUT2D eigenvalue weighted by Crippen LogP contribution is 2.39. The van der Waals surface area contributed by atoms with Gasteiger partial charge in [-0.1, -0.05) is 25.1 Å². The molecule has 0 aliphatic carbocycles. The third-order valence-corrected chi connectivity index (χ3v) is 5.81. The van der Waals surface area contributed by atoms with Crippen molar-refractivity contribution < 1.29 is 9.59 Å². The molecule has 3 aliphatic rings. The molecule has 4 rings (SSSR count). The van der Waals surface area contributed by atoms with Crippen molar-refractivity contribution in [2.24, 2.45) is 4.99 Å². The third-order valence-electron chi connectivity index (χ3n) is 5.81. The van der Waals surface area contributed by atoms with E-state index in [2.05, 4.69) is 42.7 Å². The predicted octanol–water partition coefficient (Wildman–Crippen LogP) is 2.77. The van der Waals surface area contributed by atoms with E-state index in [0.29, 0.717) is 5.96 Å².